The molecular weight excluding hydrogens is 134 g/mol. The van der Waals surface area contributed by atoms with E-state index in [1.165, 1.54) is 18.5 Å². The number of hydrogen-bond donors (Lipinski definition) is 0. The second-order valence-electron chi connectivity index (χ2n) is 3.11. The van der Waals surface area contributed by atoms with E-state index in [2.05, 4.69) is 42.5 Å². The van der Waals surface area contributed by atoms with Crippen molar-refractivity contribution in [2.24, 2.45) is 5.92 Å². The Morgan fingerprint density at radius 3 is 2.91 bits per heavy atom. The lowest BCUT2D eigenvalue weighted by Gasteiger charge is -2.29. The molecule has 0 N–H and O–H groups in total. The molecule has 0 radical (unpaired) electrons. The third kappa shape index (κ3) is 1.11. The molecule has 1 atom stereocenters. The highest BCUT2D eigenvalue weighted by molar-refractivity contribution is 5.35. The van der Waals surface area contributed by atoms with Crippen LogP contribution in [-0.2, 0) is 0 Å². The first-order valence-electron chi connectivity index (χ1n) is 4.27. The van der Waals surface area contributed by atoms with E-state index in [1.54, 1.807) is 0 Å². The molecule has 0 amide bonds. The quantitative estimate of drug-likeness (QED) is 0.580. The number of nitrogens with zero attached hydrogens (tertiary/aromatic N) is 1. The second kappa shape index (κ2) is 2.57. The van der Waals surface area contributed by atoms with Crippen molar-refractivity contribution in [3.63, 3.8) is 0 Å². The maximum Gasteiger partial charge on any atom is 0.0429 e. The summed E-state index contributed by atoms with van der Waals surface area (Å²) < 4.78 is 0. The van der Waals surface area contributed by atoms with Crippen molar-refractivity contribution in [2.75, 3.05) is 0 Å². The smallest absolute Gasteiger partial charge is 0.0429 e. The van der Waals surface area contributed by atoms with Gasteiger partial charge in [0.05, 0.1) is 0 Å². The maximum absolute atomic E-state index is 2.34. The van der Waals surface area contributed by atoms with E-state index in [0.29, 0.717) is 5.92 Å². The second-order valence-corrected chi connectivity index (χ2v) is 3.11. The molecule has 11 heavy (non-hydrogen) atoms. The van der Waals surface area contributed by atoms with E-state index < -0.39 is 0 Å². The molecule has 2 aliphatic rings. The van der Waals surface area contributed by atoms with Crippen LogP contribution < -0.4 is 0 Å². The summed E-state index contributed by atoms with van der Waals surface area (Å²) in [6.07, 6.45) is 13.6. The van der Waals surface area contributed by atoms with Gasteiger partial charge in [0.2, 0.25) is 0 Å². The summed E-state index contributed by atoms with van der Waals surface area (Å²) in [4.78, 5) is 2.16. The molecule has 0 aliphatic carbocycles. The third-order valence-corrected chi connectivity index (χ3v) is 2.20. The van der Waals surface area contributed by atoms with Gasteiger partial charge in [0, 0.05) is 18.1 Å². The zero-order valence-corrected chi connectivity index (χ0v) is 6.83. The van der Waals surface area contributed by atoms with Crippen LogP contribution in [0.1, 0.15) is 19.8 Å². The minimum atomic E-state index is 0.677. The van der Waals surface area contributed by atoms with Gasteiger partial charge in [-0.15, -0.1) is 0 Å². The standard InChI is InChI=1S/C10H13N/c1-2-3-9-4-6-11-7-5-10(11)8-9/h4-9H,2-3H2,1H3. The molecule has 2 rings (SSSR count). The molecule has 0 aromatic carbocycles. The lowest BCUT2D eigenvalue weighted by atomic mass is 9.98. The lowest BCUT2D eigenvalue weighted by Crippen LogP contribution is -2.20. The Balaban J connectivity index is 2.06. The van der Waals surface area contributed by atoms with Gasteiger partial charge in [-0.3, -0.25) is 0 Å². The Morgan fingerprint density at radius 2 is 2.36 bits per heavy atom. The van der Waals surface area contributed by atoms with E-state index in [1.807, 2.05) is 0 Å². The van der Waals surface area contributed by atoms with Gasteiger partial charge in [0.15, 0.2) is 0 Å². The normalized spacial score (nSPS) is 26.1. The van der Waals surface area contributed by atoms with Crippen LogP contribution in [0.2, 0.25) is 0 Å². The predicted molar refractivity (Wildman–Crippen MR) is 46.6 cm³/mol. The maximum atomic E-state index is 2.34. The van der Waals surface area contributed by atoms with E-state index in [0.717, 1.165) is 0 Å². The molecule has 0 aromatic heterocycles. The molecule has 1 nitrogen and oxygen atoms in total. The van der Waals surface area contributed by atoms with Crippen LogP contribution in [0.15, 0.2) is 36.3 Å². The molecular formula is C10H13N. The zero-order valence-electron chi connectivity index (χ0n) is 6.83. The highest BCUT2D eigenvalue weighted by Crippen LogP contribution is 2.27. The molecule has 0 bridgehead atoms. The number of allylic oxidation sites excluding steroid dienone is 3. The largest absolute Gasteiger partial charge is 0.324 e. The minimum absolute atomic E-state index is 0.677. The predicted octanol–water partition coefficient (Wildman–Crippen LogP) is 2.64. The summed E-state index contributed by atoms with van der Waals surface area (Å²) in [7, 11) is 0. The van der Waals surface area contributed by atoms with Crippen LogP contribution in [0.4, 0.5) is 0 Å². The van der Waals surface area contributed by atoms with Crippen LogP contribution in [0, 0.1) is 5.92 Å². The molecule has 1 heteroatoms. The van der Waals surface area contributed by atoms with E-state index >= 15 is 0 Å². The van der Waals surface area contributed by atoms with Gasteiger partial charge in [-0.2, -0.15) is 0 Å². The molecule has 2 heterocycles. The van der Waals surface area contributed by atoms with Gasteiger partial charge in [-0.05, 0) is 18.4 Å². The van der Waals surface area contributed by atoms with Crippen molar-refractivity contribution in [1.29, 1.82) is 0 Å². The van der Waals surface area contributed by atoms with Crippen LogP contribution in [0.3, 0.4) is 0 Å². The zero-order chi connectivity index (χ0) is 7.68. The van der Waals surface area contributed by atoms with Crippen molar-refractivity contribution in [3.8, 4) is 0 Å². The van der Waals surface area contributed by atoms with Crippen molar-refractivity contribution >= 4 is 0 Å². The number of hydrogen-bond acceptors (Lipinski definition) is 1. The van der Waals surface area contributed by atoms with Gasteiger partial charge in [-0.1, -0.05) is 25.5 Å². The van der Waals surface area contributed by atoms with E-state index in [9.17, 15) is 0 Å². The highest BCUT2D eigenvalue weighted by Gasteiger charge is 2.15. The van der Waals surface area contributed by atoms with Crippen molar-refractivity contribution < 1.29 is 0 Å². The first-order chi connectivity index (χ1) is 5.40. The molecule has 0 fully saturated rings. The van der Waals surface area contributed by atoms with Crippen LogP contribution in [-0.4, -0.2) is 4.90 Å². The van der Waals surface area contributed by atoms with Crippen molar-refractivity contribution in [3.05, 3.63) is 36.3 Å². The van der Waals surface area contributed by atoms with E-state index in [4.69, 9.17) is 0 Å². The summed E-state index contributed by atoms with van der Waals surface area (Å²) in [5, 5.41) is 0. The van der Waals surface area contributed by atoms with Crippen LogP contribution in [0.5, 0.6) is 0 Å². The Labute approximate surface area is 67.7 Å². The minimum Gasteiger partial charge on any atom is -0.324 e. The van der Waals surface area contributed by atoms with Crippen molar-refractivity contribution in [1.82, 2.24) is 4.90 Å². The first-order valence-corrected chi connectivity index (χ1v) is 4.27. The fourth-order valence-corrected chi connectivity index (χ4v) is 1.52. The van der Waals surface area contributed by atoms with Crippen LogP contribution >= 0.6 is 0 Å². The van der Waals surface area contributed by atoms with E-state index in [-0.39, 0.29) is 0 Å². The molecule has 0 spiro atoms. The van der Waals surface area contributed by atoms with Gasteiger partial charge in [0.25, 0.3) is 0 Å². The summed E-state index contributed by atoms with van der Waals surface area (Å²) in [6.45, 7) is 2.23. The summed E-state index contributed by atoms with van der Waals surface area (Å²) in [5.41, 5.74) is 1.37. The molecule has 1 unspecified atom stereocenters. The Hall–Kier alpha value is -0.980. The topological polar surface area (TPSA) is 3.24 Å². The molecule has 0 aromatic rings. The van der Waals surface area contributed by atoms with Gasteiger partial charge < -0.3 is 4.90 Å². The van der Waals surface area contributed by atoms with Crippen LogP contribution in [0.25, 0.3) is 0 Å². The molecule has 0 saturated heterocycles. The summed E-state index contributed by atoms with van der Waals surface area (Å²) in [5.74, 6) is 0.677. The molecule has 0 saturated carbocycles. The summed E-state index contributed by atoms with van der Waals surface area (Å²) in [6, 6.07) is 0. The van der Waals surface area contributed by atoms with Gasteiger partial charge >= 0.3 is 0 Å². The molecule has 2 aliphatic heterocycles. The van der Waals surface area contributed by atoms with Gasteiger partial charge in [-0.25, -0.2) is 0 Å². The average Bonchev–Trinajstić information content (AvgIpc) is 1.96. The fourth-order valence-electron chi connectivity index (χ4n) is 1.52. The van der Waals surface area contributed by atoms with Gasteiger partial charge in [0.1, 0.15) is 0 Å². The summed E-state index contributed by atoms with van der Waals surface area (Å²) >= 11 is 0. The average molecular weight is 147 g/mol. The number of rotatable bonds is 2. The Bertz CT molecular complexity index is 235. The number of fused-ring (bicyclic) bond motifs is 1. The third-order valence-electron chi connectivity index (χ3n) is 2.20. The Morgan fingerprint density at radius 1 is 1.45 bits per heavy atom. The first kappa shape index (κ1) is 6.71. The SMILES string of the molecule is CCCC1C=CN2C=CC2=C1. The highest BCUT2D eigenvalue weighted by atomic mass is 15.1. The fraction of sp³-hybridized carbons (Fsp3) is 0.400. The monoisotopic (exact) mass is 147 g/mol. The van der Waals surface area contributed by atoms with Crippen molar-refractivity contribution in [2.45, 2.75) is 19.8 Å². The molecule has 58 valence electrons. The lowest BCUT2D eigenvalue weighted by molar-refractivity contribution is 0.547. The Kier molecular flexibility index (Phi) is 1.57.